The fraction of sp³-hybridized carbons (Fsp3) is 0.806. The Kier molecular flexibility index (Phi) is 7.37. The molecule has 333 valence electrons. The fourth-order valence-electron chi connectivity index (χ4n) is 26.1. The molecule has 0 atom stereocenters. The van der Waals surface area contributed by atoms with Crippen LogP contribution in [0.2, 0.25) is 0 Å². The summed E-state index contributed by atoms with van der Waals surface area (Å²) in [6, 6.07) is 12.6. The second kappa shape index (κ2) is 12.5. The van der Waals surface area contributed by atoms with Crippen LogP contribution in [0.4, 0.5) is 0 Å². The lowest BCUT2D eigenvalue weighted by molar-refractivity contribution is -0.0334. The van der Waals surface area contributed by atoms with Crippen LogP contribution >= 0.6 is 0 Å². The standard InChI is InChI=1S/C62H79O/c1-2-4-51(5-3-1)63-57-55(61-30-45-15-46(31-61)17-47(16-45)32-61)53(59-24-39-9-40(25-59)11-41(10-39)26-59)52(58-21-36-6-37(22-58)8-38(7-36)23-58)54(60-27-42-12-43(28-60)14-44(13-42)29-60)56(57)62-33-48-18-49(34-62)20-50(19-48)35-62/h2-5,36-50H,6-35H2. The Labute approximate surface area is 381 Å². The van der Waals surface area contributed by atoms with E-state index in [2.05, 4.69) is 47.0 Å². The zero-order chi connectivity index (χ0) is 40.7. The van der Waals surface area contributed by atoms with Gasteiger partial charge in [-0.05, 0) is 333 Å². The Morgan fingerprint density at radius 2 is 0.476 bits per heavy atom. The summed E-state index contributed by atoms with van der Waals surface area (Å²) in [6.07, 6.45) is 46.3. The van der Waals surface area contributed by atoms with Gasteiger partial charge in [-0.2, -0.15) is 0 Å². The zero-order valence-corrected chi connectivity index (χ0v) is 39.1. The highest BCUT2D eigenvalue weighted by molar-refractivity contribution is 5.69. The van der Waals surface area contributed by atoms with Crippen LogP contribution in [0.25, 0.3) is 0 Å². The van der Waals surface area contributed by atoms with Crippen LogP contribution in [0.5, 0.6) is 11.5 Å². The molecule has 0 unspecified atom stereocenters. The lowest BCUT2D eigenvalue weighted by Crippen LogP contribution is -2.58. The van der Waals surface area contributed by atoms with Gasteiger partial charge in [-0.15, -0.1) is 0 Å². The minimum atomic E-state index is 0.317. The Morgan fingerprint density at radius 1 is 0.286 bits per heavy atom. The van der Waals surface area contributed by atoms with Crippen molar-refractivity contribution in [1.29, 1.82) is 0 Å². The molecule has 20 fully saturated rings. The lowest BCUT2D eigenvalue weighted by Gasteiger charge is -2.66. The minimum Gasteiger partial charge on any atom is -0.457 e. The molecule has 20 aliphatic carbocycles. The Bertz CT molecular complexity index is 1960. The van der Waals surface area contributed by atoms with Gasteiger partial charge in [0.15, 0.2) is 0 Å². The molecule has 1 nitrogen and oxygen atoms in total. The van der Waals surface area contributed by atoms with Crippen molar-refractivity contribution in [2.45, 2.75) is 220 Å². The van der Waals surface area contributed by atoms with Crippen LogP contribution in [-0.4, -0.2) is 0 Å². The fourth-order valence-corrected chi connectivity index (χ4v) is 26.1. The van der Waals surface area contributed by atoms with Crippen molar-refractivity contribution < 1.29 is 4.74 Å². The summed E-state index contributed by atoms with van der Waals surface area (Å²) in [5.41, 5.74) is 12.4. The number of hydrogen-bond donors (Lipinski definition) is 0. The molecule has 2 aromatic carbocycles. The van der Waals surface area contributed by atoms with E-state index < -0.39 is 0 Å². The van der Waals surface area contributed by atoms with Crippen molar-refractivity contribution in [2.24, 2.45) is 88.8 Å². The van der Waals surface area contributed by atoms with Crippen molar-refractivity contribution in [3.8, 4) is 11.5 Å². The van der Waals surface area contributed by atoms with Crippen molar-refractivity contribution in [3.05, 3.63) is 58.1 Å². The third-order valence-corrected chi connectivity index (χ3v) is 25.2. The monoisotopic (exact) mass is 840 g/mol. The molecular formula is C62H79O. The maximum Gasteiger partial charge on any atom is 0.135 e. The van der Waals surface area contributed by atoms with E-state index in [9.17, 15) is 0 Å². The summed E-state index contributed by atoms with van der Waals surface area (Å²) >= 11 is 0. The molecule has 0 heterocycles. The predicted molar refractivity (Wildman–Crippen MR) is 251 cm³/mol. The van der Waals surface area contributed by atoms with E-state index in [1.54, 1.807) is 121 Å². The second-order valence-corrected chi connectivity index (χ2v) is 29.5. The van der Waals surface area contributed by atoms with Gasteiger partial charge in [-0.25, -0.2) is 0 Å². The molecule has 22 rings (SSSR count). The maximum atomic E-state index is 8.38. The number of rotatable bonds is 7. The summed E-state index contributed by atoms with van der Waals surface area (Å²) < 4.78 is 8.38. The van der Waals surface area contributed by atoms with Gasteiger partial charge in [0.05, 0.1) is 0 Å². The topological polar surface area (TPSA) is 9.23 Å². The van der Waals surface area contributed by atoms with Gasteiger partial charge >= 0.3 is 0 Å². The van der Waals surface area contributed by atoms with Crippen molar-refractivity contribution in [1.82, 2.24) is 0 Å². The molecule has 20 saturated carbocycles. The second-order valence-electron chi connectivity index (χ2n) is 29.5. The van der Waals surface area contributed by atoms with E-state index >= 15 is 0 Å². The normalized spacial score (nSPS) is 55.1. The van der Waals surface area contributed by atoms with Crippen LogP contribution in [0, 0.1) is 94.8 Å². The van der Waals surface area contributed by atoms with Crippen LogP contribution in [0.3, 0.4) is 0 Å². The Balaban J connectivity index is 1.06. The Morgan fingerprint density at radius 3 is 0.698 bits per heavy atom. The smallest absolute Gasteiger partial charge is 0.135 e. The Hall–Kier alpha value is -1.76. The molecule has 63 heavy (non-hydrogen) atoms. The largest absolute Gasteiger partial charge is 0.457 e. The summed E-state index contributed by atoms with van der Waals surface area (Å²) in [5, 5.41) is 0. The average Bonchev–Trinajstić information content (AvgIpc) is 3.21. The minimum absolute atomic E-state index is 0.317. The van der Waals surface area contributed by atoms with E-state index in [0.717, 1.165) is 94.5 Å². The van der Waals surface area contributed by atoms with Crippen LogP contribution < -0.4 is 4.74 Å². The number of hydrogen-bond acceptors (Lipinski definition) is 1. The maximum absolute atomic E-state index is 8.38. The van der Waals surface area contributed by atoms with Crippen molar-refractivity contribution >= 4 is 0 Å². The SMILES string of the molecule is [c]1ccc(Oc2c(C34CC5CC(CC(C5)C3)C4)c(C34CC5CC(CC(C5)C3)C4)c(C34CC5CC(CC(C5)C3)C4)c(C34CC5CC(CC(C5)C3)C4)c2C23CC4CC(CC(C4)C2)C3)cc1. The average molecular weight is 840 g/mol. The highest BCUT2D eigenvalue weighted by atomic mass is 16.5. The van der Waals surface area contributed by atoms with Gasteiger partial charge in [-0.1, -0.05) is 12.1 Å². The third kappa shape index (κ3) is 5.15. The quantitative estimate of drug-likeness (QED) is 0.270. The molecule has 1 heteroatoms. The van der Waals surface area contributed by atoms with E-state index in [1.165, 1.54) is 77.0 Å². The molecule has 20 aliphatic rings. The summed E-state index contributed by atoms with van der Waals surface area (Å²) in [4.78, 5) is 0. The highest BCUT2D eigenvalue weighted by Crippen LogP contribution is 2.76. The summed E-state index contributed by atoms with van der Waals surface area (Å²) in [6.45, 7) is 0. The lowest BCUT2D eigenvalue weighted by atomic mass is 9.38. The molecule has 2 aromatic rings. The molecular weight excluding hydrogens is 761 g/mol. The molecule has 0 spiro atoms. The van der Waals surface area contributed by atoms with Crippen LogP contribution in [0.15, 0.2) is 24.3 Å². The van der Waals surface area contributed by atoms with E-state index in [-0.39, 0.29) is 0 Å². The molecule has 1 radical (unpaired) electrons. The molecule has 20 bridgehead atoms. The molecule has 0 N–H and O–H groups in total. The molecule has 0 amide bonds. The third-order valence-electron chi connectivity index (χ3n) is 25.2. The first kappa shape index (κ1) is 37.2. The zero-order valence-electron chi connectivity index (χ0n) is 39.1. The van der Waals surface area contributed by atoms with Gasteiger partial charge < -0.3 is 4.74 Å². The van der Waals surface area contributed by atoms with E-state index in [4.69, 9.17) is 4.74 Å². The van der Waals surface area contributed by atoms with Crippen LogP contribution in [0.1, 0.15) is 220 Å². The van der Waals surface area contributed by atoms with Gasteiger partial charge in [-0.3, -0.25) is 0 Å². The number of benzene rings is 2. The number of ether oxygens (including phenoxy) is 1. The van der Waals surface area contributed by atoms with Crippen LogP contribution in [-0.2, 0) is 27.1 Å². The highest BCUT2D eigenvalue weighted by Gasteiger charge is 2.66. The van der Waals surface area contributed by atoms with Gasteiger partial charge in [0.25, 0.3) is 0 Å². The van der Waals surface area contributed by atoms with E-state index in [0.29, 0.717) is 27.1 Å². The van der Waals surface area contributed by atoms with Crippen molar-refractivity contribution in [3.63, 3.8) is 0 Å². The molecule has 0 saturated heterocycles. The summed E-state index contributed by atoms with van der Waals surface area (Å²) in [7, 11) is 0. The summed E-state index contributed by atoms with van der Waals surface area (Å²) in [5.74, 6) is 17.3. The molecule has 0 aliphatic heterocycles. The first-order valence-corrected chi connectivity index (χ1v) is 28.7. The van der Waals surface area contributed by atoms with Gasteiger partial charge in [0.2, 0.25) is 0 Å². The van der Waals surface area contributed by atoms with Gasteiger partial charge in [0.1, 0.15) is 11.5 Å². The van der Waals surface area contributed by atoms with E-state index in [1.807, 2.05) is 11.1 Å². The molecule has 0 aromatic heterocycles. The van der Waals surface area contributed by atoms with Crippen molar-refractivity contribution in [2.75, 3.05) is 0 Å². The first-order chi connectivity index (χ1) is 30.8. The van der Waals surface area contributed by atoms with Gasteiger partial charge in [0, 0.05) is 22.0 Å². The predicted octanol–water partition coefficient (Wildman–Crippen LogP) is 15.6. The first-order valence-electron chi connectivity index (χ1n) is 28.7.